The van der Waals surface area contributed by atoms with Crippen LogP contribution in [0.25, 0.3) is 0 Å². The molecule has 0 N–H and O–H groups in total. The van der Waals surface area contributed by atoms with Crippen LogP contribution >= 0.6 is 0 Å². The van der Waals surface area contributed by atoms with E-state index < -0.39 is 0 Å². The Hall–Kier alpha value is -2.61. The molecule has 2 heteroatoms. The number of allylic oxidation sites excluding steroid dienone is 2. The molecule has 1 aliphatic carbocycles. The lowest BCUT2D eigenvalue weighted by Crippen LogP contribution is -2.22. The molecule has 0 bridgehead atoms. The van der Waals surface area contributed by atoms with Crippen LogP contribution < -0.4 is 5.01 Å². The second-order valence-corrected chi connectivity index (χ2v) is 5.94. The monoisotopic (exact) mass is 302 g/mol. The van der Waals surface area contributed by atoms with E-state index in [1.165, 1.54) is 11.1 Å². The lowest BCUT2D eigenvalue weighted by atomic mass is 10.1. The maximum absolute atomic E-state index is 4.73. The molecule has 116 valence electrons. The van der Waals surface area contributed by atoms with E-state index in [1.54, 1.807) is 0 Å². The summed E-state index contributed by atoms with van der Waals surface area (Å²) in [6.45, 7) is 5.19. The van der Waals surface area contributed by atoms with Gasteiger partial charge in [0.15, 0.2) is 0 Å². The largest absolute Gasteiger partial charge is 0.265 e. The molecule has 23 heavy (non-hydrogen) atoms. The summed E-state index contributed by atoms with van der Waals surface area (Å²) in [5, 5.41) is 6.81. The van der Waals surface area contributed by atoms with Crippen molar-refractivity contribution in [3.63, 3.8) is 0 Å². The minimum absolute atomic E-state index is 0.406. The summed E-state index contributed by atoms with van der Waals surface area (Å²) in [6.07, 6.45) is 6.57. The van der Waals surface area contributed by atoms with Crippen molar-refractivity contribution in [3.05, 3.63) is 89.5 Å². The van der Waals surface area contributed by atoms with Crippen LogP contribution in [0.5, 0.6) is 0 Å². The van der Waals surface area contributed by atoms with E-state index in [9.17, 15) is 0 Å². The third kappa shape index (κ3) is 3.98. The normalized spacial score (nSPS) is 14.9. The summed E-state index contributed by atoms with van der Waals surface area (Å²) in [4.78, 5) is 0. The van der Waals surface area contributed by atoms with Gasteiger partial charge in [-0.15, -0.1) is 0 Å². The van der Waals surface area contributed by atoms with Gasteiger partial charge in [-0.1, -0.05) is 71.8 Å². The highest BCUT2D eigenvalue weighted by Crippen LogP contribution is 2.25. The van der Waals surface area contributed by atoms with Crippen LogP contribution in [0.4, 0.5) is 5.69 Å². The first kappa shape index (κ1) is 15.3. The Morgan fingerprint density at radius 1 is 0.870 bits per heavy atom. The number of anilines is 1. The van der Waals surface area contributed by atoms with Gasteiger partial charge < -0.3 is 0 Å². The molecule has 2 aromatic carbocycles. The fourth-order valence-electron chi connectivity index (χ4n) is 2.75. The molecule has 2 nitrogen and oxygen atoms in total. The Bertz CT molecular complexity index is 709. The molecule has 0 radical (unpaired) electrons. The zero-order valence-electron chi connectivity index (χ0n) is 13.7. The van der Waals surface area contributed by atoms with E-state index in [-0.39, 0.29) is 0 Å². The van der Waals surface area contributed by atoms with E-state index in [4.69, 9.17) is 5.10 Å². The van der Waals surface area contributed by atoms with Crippen LogP contribution in [0.1, 0.15) is 19.4 Å². The zero-order chi connectivity index (χ0) is 16.1. The molecular weight excluding hydrogens is 280 g/mol. The van der Waals surface area contributed by atoms with Crippen molar-refractivity contribution >= 4 is 11.9 Å². The second-order valence-electron chi connectivity index (χ2n) is 5.94. The van der Waals surface area contributed by atoms with E-state index in [1.807, 2.05) is 30.5 Å². The average Bonchev–Trinajstić information content (AvgIpc) is 2.91. The first-order valence-electron chi connectivity index (χ1n) is 8.01. The molecule has 0 heterocycles. The molecule has 2 aromatic rings. The smallest absolute Gasteiger partial charge is 0.0594 e. The van der Waals surface area contributed by atoms with E-state index >= 15 is 0 Å². The van der Waals surface area contributed by atoms with Gasteiger partial charge in [0.05, 0.1) is 18.4 Å². The number of hydrazone groups is 1. The van der Waals surface area contributed by atoms with Crippen molar-refractivity contribution in [3.8, 4) is 0 Å². The molecule has 0 atom stereocenters. The van der Waals surface area contributed by atoms with Gasteiger partial charge >= 0.3 is 0 Å². The lowest BCUT2D eigenvalue weighted by molar-refractivity contribution is 0.742. The summed E-state index contributed by atoms with van der Waals surface area (Å²) in [7, 11) is 0. The minimum atomic E-state index is 0.406. The molecule has 0 unspecified atom stereocenters. The fraction of sp³-hybridized carbons (Fsp3) is 0.190. The summed E-state index contributed by atoms with van der Waals surface area (Å²) >= 11 is 0. The highest BCUT2D eigenvalue weighted by Gasteiger charge is 2.15. The summed E-state index contributed by atoms with van der Waals surface area (Å²) in [5.74, 6) is 0.406. The maximum Gasteiger partial charge on any atom is 0.0594 e. The summed E-state index contributed by atoms with van der Waals surface area (Å²) < 4.78 is 0. The van der Waals surface area contributed by atoms with Gasteiger partial charge in [-0.3, -0.25) is 5.01 Å². The number of nitrogens with zero attached hydrogens (tertiary/aromatic N) is 2. The highest BCUT2D eigenvalue weighted by atomic mass is 15.4. The number of benzene rings is 2. The predicted octanol–water partition coefficient (Wildman–Crippen LogP) is 5.05. The van der Waals surface area contributed by atoms with Crippen molar-refractivity contribution in [1.29, 1.82) is 0 Å². The number of hydrogen-bond donors (Lipinski definition) is 0. The minimum Gasteiger partial charge on any atom is -0.265 e. The van der Waals surface area contributed by atoms with Crippen molar-refractivity contribution < 1.29 is 0 Å². The van der Waals surface area contributed by atoms with Gasteiger partial charge in [-0.05, 0) is 31.5 Å². The fourth-order valence-corrected chi connectivity index (χ4v) is 2.75. The molecule has 0 saturated heterocycles. The van der Waals surface area contributed by atoms with Gasteiger partial charge in [-0.2, -0.15) is 5.10 Å². The summed E-state index contributed by atoms with van der Waals surface area (Å²) in [5.41, 5.74) is 4.96. The Morgan fingerprint density at radius 2 is 1.43 bits per heavy atom. The van der Waals surface area contributed by atoms with Crippen molar-refractivity contribution in [1.82, 2.24) is 0 Å². The number of hydrogen-bond acceptors (Lipinski definition) is 2. The zero-order valence-corrected chi connectivity index (χ0v) is 13.7. The summed E-state index contributed by atoms with van der Waals surface area (Å²) in [6, 6.07) is 20.6. The topological polar surface area (TPSA) is 15.6 Å². The van der Waals surface area contributed by atoms with Crippen molar-refractivity contribution in [2.24, 2.45) is 11.0 Å². The first-order chi connectivity index (χ1) is 11.2. The van der Waals surface area contributed by atoms with Gasteiger partial charge in [0, 0.05) is 5.92 Å². The molecule has 0 amide bonds. The Labute approximate surface area is 138 Å². The van der Waals surface area contributed by atoms with Crippen LogP contribution in [0, 0.1) is 5.92 Å². The van der Waals surface area contributed by atoms with Gasteiger partial charge in [0.2, 0.25) is 0 Å². The first-order valence-corrected chi connectivity index (χ1v) is 8.01. The number of para-hydroxylation sites is 1. The third-order valence-electron chi connectivity index (χ3n) is 4.13. The van der Waals surface area contributed by atoms with Crippen LogP contribution in [-0.4, -0.2) is 12.8 Å². The van der Waals surface area contributed by atoms with Crippen LogP contribution in [0.2, 0.25) is 0 Å². The van der Waals surface area contributed by atoms with Crippen molar-refractivity contribution in [2.75, 3.05) is 11.6 Å². The molecule has 0 spiro atoms. The van der Waals surface area contributed by atoms with E-state index in [2.05, 4.69) is 67.4 Å². The van der Waals surface area contributed by atoms with E-state index in [0.717, 1.165) is 17.8 Å². The second kappa shape index (κ2) is 7.10. The standard InChI is InChI=1S/C21H22N2/c1-17-13-20(14-18(17)2)16-23(21-11-7-4-8-12-21)22-15-19-9-5-3-6-10-19/h3-15,20H,16H2,1-2H3. The van der Waals surface area contributed by atoms with Gasteiger partial charge in [0.25, 0.3) is 0 Å². The third-order valence-corrected chi connectivity index (χ3v) is 4.13. The Kier molecular flexibility index (Phi) is 4.72. The van der Waals surface area contributed by atoms with Crippen molar-refractivity contribution in [2.45, 2.75) is 13.8 Å². The predicted molar refractivity (Wildman–Crippen MR) is 98.8 cm³/mol. The average molecular weight is 302 g/mol. The van der Waals surface area contributed by atoms with Gasteiger partial charge in [-0.25, -0.2) is 0 Å². The lowest BCUT2D eigenvalue weighted by Gasteiger charge is -2.21. The molecule has 3 rings (SSSR count). The van der Waals surface area contributed by atoms with Crippen LogP contribution in [0.15, 0.2) is 89.1 Å². The molecular formula is C21H22N2. The maximum atomic E-state index is 4.73. The molecule has 0 saturated carbocycles. The quantitative estimate of drug-likeness (QED) is 0.557. The Balaban J connectivity index is 1.82. The highest BCUT2D eigenvalue weighted by molar-refractivity contribution is 5.80. The van der Waals surface area contributed by atoms with E-state index in [0.29, 0.717) is 5.92 Å². The molecule has 0 aromatic heterocycles. The molecule has 1 aliphatic rings. The van der Waals surface area contributed by atoms with Gasteiger partial charge in [0.1, 0.15) is 0 Å². The molecule has 0 fully saturated rings. The van der Waals surface area contributed by atoms with Crippen LogP contribution in [0.3, 0.4) is 0 Å². The Morgan fingerprint density at radius 3 is 2.04 bits per heavy atom. The molecule has 0 aliphatic heterocycles. The SMILES string of the molecule is CC1=CC(CN(N=Cc2ccccc2)c2ccccc2)C=C1C. The number of rotatable bonds is 5. The van der Waals surface area contributed by atoms with Crippen LogP contribution in [-0.2, 0) is 0 Å².